The summed E-state index contributed by atoms with van der Waals surface area (Å²) in [6, 6.07) is 18.0. The third-order valence-corrected chi connectivity index (χ3v) is 4.86. The molecule has 0 aliphatic carbocycles. The quantitative estimate of drug-likeness (QED) is 0.598. The van der Waals surface area contributed by atoms with Crippen LogP contribution in [0.1, 0.15) is 22.7 Å². The molecule has 2 aromatic carbocycles. The Balaban J connectivity index is 1.41. The van der Waals surface area contributed by atoms with Gasteiger partial charge in [-0.3, -0.25) is 4.79 Å². The molecule has 132 valence electrons. The molecule has 0 spiro atoms. The molecule has 5 heteroatoms. The van der Waals surface area contributed by atoms with Gasteiger partial charge >= 0.3 is 0 Å². The number of rotatable bonds is 5. The van der Waals surface area contributed by atoms with E-state index in [1.807, 2.05) is 73.3 Å². The lowest BCUT2D eigenvalue weighted by Crippen LogP contribution is -2.29. The molecular weight excluding hydrogens is 324 g/mol. The van der Waals surface area contributed by atoms with Gasteiger partial charge in [-0.1, -0.05) is 30.3 Å². The SMILES string of the molecule is CN(CCCc1nc2ccccc2[nH]1)C(=O)c1cc2ccccc2n1C. The molecule has 2 aromatic heterocycles. The first-order valence-corrected chi connectivity index (χ1v) is 8.87. The Morgan fingerprint density at radius 2 is 1.92 bits per heavy atom. The second kappa shape index (κ2) is 6.67. The van der Waals surface area contributed by atoms with Crippen molar-refractivity contribution < 1.29 is 4.79 Å². The average Bonchev–Trinajstić information content (AvgIpc) is 3.22. The fourth-order valence-corrected chi connectivity index (χ4v) is 3.40. The summed E-state index contributed by atoms with van der Waals surface area (Å²) in [4.78, 5) is 22.5. The summed E-state index contributed by atoms with van der Waals surface area (Å²) in [5.41, 5.74) is 3.84. The molecule has 0 bridgehead atoms. The summed E-state index contributed by atoms with van der Waals surface area (Å²) >= 11 is 0. The van der Waals surface area contributed by atoms with Crippen LogP contribution in [0.15, 0.2) is 54.6 Å². The molecule has 0 fully saturated rings. The number of hydrogen-bond donors (Lipinski definition) is 1. The van der Waals surface area contributed by atoms with Crippen LogP contribution in [0, 0.1) is 0 Å². The number of carbonyl (C=O) groups excluding carboxylic acids is 1. The number of hydrogen-bond acceptors (Lipinski definition) is 2. The molecule has 1 amide bonds. The van der Waals surface area contributed by atoms with E-state index in [1.54, 1.807) is 4.90 Å². The van der Waals surface area contributed by atoms with Crippen LogP contribution in [0.25, 0.3) is 21.9 Å². The van der Waals surface area contributed by atoms with E-state index in [0.29, 0.717) is 6.54 Å². The number of amides is 1. The van der Waals surface area contributed by atoms with Crippen molar-refractivity contribution in [2.45, 2.75) is 12.8 Å². The van der Waals surface area contributed by atoms with E-state index in [1.165, 1.54) is 0 Å². The third-order valence-electron chi connectivity index (χ3n) is 4.86. The van der Waals surface area contributed by atoms with E-state index >= 15 is 0 Å². The summed E-state index contributed by atoms with van der Waals surface area (Å²) in [6.07, 6.45) is 1.69. The number of aryl methyl sites for hydroxylation is 2. The van der Waals surface area contributed by atoms with Crippen molar-refractivity contribution in [1.82, 2.24) is 19.4 Å². The summed E-state index contributed by atoms with van der Waals surface area (Å²) in [6.45, 7) is 0.692. The van der Waals surface area contributed by atoms with Gasteiger partial charge in [0.2, 0.25) is 0 Å². The second-order valence-corrected chi connectivity index (χ2v) is 6.68. The maximum atomic E-state index is 12.8. The minimum atomic E-state index is 0.0494. The van der Waals surface area contributed by atoms with Crippen molar-refractivity contribution >= 4 is 27.8 Å². The van der Waals surface area contributed by atoms with Gasteiger partial charge in [-0.05, 0) is 30.7 Å². The number of para-hydroxylation sites is 3. The van der Waals surface area contributed by atoms with Crippen LogP contribution in [0.2, 0.25) is 0 Å². The highest BCUT2D eigenvalue weighted by molar-refractivity contribution is 5.98. The Kier molecular flexibility index (Phi) is 4.21. The molecule has 1 N–H and O–H groups in total. The van der Waals surface area contributed by atoms with Crippen molar-refractivity contribution in [2.24, 2.45) is 7.05 Å². The lowest BCUT2D eigenvalue weighted by atomic mass is 10.2. The lowest BCUT2D eigenvalue weighted by Gasteiger charge is -2.17. The second-order valence-electron chi connectivity index (χ2n) is 6.68. The standard InChI is InChI=1S/C21H22N4O/c1-24(13-7-12-20-22-16-9-4-5-10-17(16)23-20)21(26)19-14-15-8-3-6-11-18(15)25(19)2/h3-6,8-11,14H,7,12-13H2,1-2H3,(H,22,23). The third kappa shape index (κ3) is 2.96. The topological polar surface area (TPSA) is 53.9 Å². The largest absolute Gasteiger partial charge is 0.342 e. The Hall–Kier alpha value is -3.08. The van der Waals surface area contributed by atoms with E-state index in [4.69, 9.17) is 0 Å². The molecule has 0 aliphatic heterocycles. The van der Waals surface area contributed by atoms with Gasteiger partial charge in [-0.25, -0.2) is 4.98 Å². The number of carbonyl (C=O) groups is 1. The summed E-state index contributed by atoms with van der Waals surface area (Å²) < 4.78 is 1.97. The number of aromatic amines is 1. The predicted molar refractivity (Wildman–Crippen MR) is 104 cm³/mol. The first-order chi connectivity index (χ1) is 12.6. The zero-order valence-electron chi connectivity index (χ0n) is 15.1. The molecule has 4 aromatic rings. The molecule has 0 atom stereocenters. The van der Waals surface area contributed by atoms with E-state index in [0.717, 1.165) is 46.3 Å². The van der Waals surface area contributed by atoms with E-state index in [2.05, 4.69) is 9.97 Å². The highest BCUT2D eigenvalue weighted by Gasteiger charge is 2.17. The summed E-state index contributed by atoms with van der Waals surface area (Å²) in [5.74, 6) is 1.02. The first kappa shape index (κ1) is 16.4. The molecule has 0 radical (unpaired) electrons. The van der Waals surface area contributed by atoms with Gasteiger partial charge in [-0.2, -0.15) is 0 Å². The van der Waals surface area contributed by atoms with Gasteiger partial charge in [0.25, 0.3) is 5.91 Å². The molecule has 0 saturated heterocycles. The van der Waals surface area contributed by atoms with Gasteiger partial charge in [0.05, 0.1) is 11.0 Å². The number of aromatic nitrogens is 3. The van der Waals surface area contributed by atoms with Gasteiger partial charge in [0.1, 0.15) is 11.5 Å². The maximum absolute atomic E-state index is 12.8. The highest BCUT2D eigenvalue weighted by Crippen LogP contribution is 2.19. The average molecular weight is 346 g/mol. The van der Waals surface area contributed by atoms with Gasteiger partial charge < -0.3 is 14.5 Å². The van der Waals surface area contributed by atoms with Gasteiger partial charge in [0.15, 0.2) is 0 Å². The van der Waals surface area contributed by atoms with Crippen LogP contribution in [0.4, 0.5) is 0 Å². The number of nitrogens with one attached hydrogen (secondary N) is 1. The Morgan fingerprint density at radius 1 is 1.15 bits per heavy atom. The molecule has 2 heterocycles. The van der Waals surface area contributed by atoms with Crippen LogP contribution < -0.4 is 0 Å². The van der Waals surface area contributed by atoms with Crippen molar-refractivity contribution in [3.8, 4) is 0 Å². The normalized spacial score (nSPS) is 11.3. The van der Waals surface area contributed by atoms with Crippen LogP contribution >= 0.6 is 0 Å². The predicted octanol–water partition coefficient (Wildman–Crippen LogP) is 3.76. The number of nitrogens with zero attached hydrogens (tertiary/aromatic N) is 3. The van der Waals surface area contributed by atoms with E-state index in [-0.39, 0.29) is 5.91 Å². The smallest absolute Gasteiger partial charge is 0.270 e. The Bertz CT molecular complexity index is 1040. The molecule has 0 aliphatic rings. The van der Waals surface area contributed by atoms with Crippen LogP contribution in [-0.2, 0) is 13.5 Å². The minimum absolute atomic E-state index is 0.0494. The molecular formula is C21H22N4O. The van der Waals surface area contributed by atoms with Crippen molar-refractivity contribution in [3.05, 3.63) is 66.1 Å². The van der Waals surface area contributed by atoms with Crippen LogP contribution in [0.3, 0.4) is 0 Å². The van der Waals surface area contributed by atoms with E-state index in [9.17, 15) is 4.79 Å². The van der Waals surface area contributed by atoms with Gasteiger partial charge in [-0.15, -0.1) is 0 Å². The highest BCUT2D eigenvalue weighted by atomic mass is 16.2. The molecule has 5 nitrogen and oxygen atoms in total. The summed E-state index contributed by atoms with van der Waals surface area (Å²) in [7, 11) is 3.80. The monoisotopic (exact) mass is 346 g/mol. The van der Waals surface area contributed by atoms with Crippen LogP contribution in [-0.4, -0.2) is 38.9 Å². The van der Waals surface area contributed by atoms with Crippen LogP contribution in [0.5, 0.6) is 0 Å². The zero-order valence-corrected chi connectivity index (χ0v) is 15.1. The zero-order chi connectivity index (χ0) is 18.1. The Morgan fingerprint density at radius 3 is 2.73 bits per heavy atom. The number of imidazole rings is 1. The number of H-pyrrole nitrogens is 1. The molecule has 0 unspecified atom stereocenters. The van der Waals surface area contributed by atoms with Crippen molar-refractivity contribution in [2.75, 3.05) is 13.6 Å². The molecule has 4 rings (SSSR count). The Labute approximate surface area is 152 Å². The first-order valence-electron chi connectivity index (χ1n) is 8.87. The van der Waals surface area contributed by atoms with Crippen molar-refractivity contribution in [3.63, 3.8) is 0 Å². The summed E-state index contributed by atoms with van der Waals surface area (Å²) in [5, 5.41) is 1.09. The maximum Gasteiger partial charge on any atom is 0.270 e. The fraction of sp³-hybridized carbons (Fsp3) is 0.238. The molecule has 0 saturated carbocycles. The number of fused-ring (bicyclic) bond motifs is 2. The van der Waals surface area contributed by atoms with E-state index < -0.39 is 0 Å². The van der Waals surface area contributed by atoms with Crippen molar-refractivity contribution in [1.29, 1.82) is 0 Å². The van der Waals surface area contributed by atoms with Gasteiger partial charge in [0, 0.05) is 38.0 Å². The lowest BCUT2D eigenvalue weighted by molar-refractivity contribution is 0.0784. The minimum Gasteiger partial charge on any atom is -0.342 e. The fourth-order valence-electron chi connectivity index (χ4n) is 3.40. The molecule has 26 heavy (non-hydrogen) atoms. The number of benzene rings is 2.